The molecule has 0 saturated heterocycles. The zero-order valence-electron chi connectivity index (χ0n) is 15.2. The van der Waals surface area contributed by atoms with Crippen molar-refractivity contribution in [2.75, 3.05) is 0 Å². The topological polar surface area (TPSA) is 9.23 Å². The second-order valence-corrected chi connectivity index (χ2v) is 13.3. The second kappa shape index (κ2) is 7.58. The van der Waals surface area contributed by atoms with Crippen LogP contribution in [0.4, 0.5) is 0 Å². The number of benzene rings is 4. The van der Waals surface area contributed by atoms with Crippen molar-refractivity contribution < 1.29 is 4.74 Å². The van der Waals surface area contributed by atoms with E-state index < -0.39 is 8.07 Å². The van der Waals surface area contributed by atoms with Crippen LogP contribution in [0.5, 0.6) is 11.5 Å². The van der Waals surface area contributed by atoms with Crippen LogP contribution in [0.3, 0.4) is 0 Å². The van der Waals surface area contributed by atoms with E-state index in [0.717, 1.165) is 16.0 Å². The lowest BCUT2D eigenvalue weighted by atomic mass is 10.3. The Morgan fingerprint density at radius 3 is 2.07 bits per heavy atom. The first kappa shape index (κ1) is 19.4. The molecule has 1 aliphatic rings. The fourth-order valence-electron chi connectivity index (χ4n) is 4.21. The third-order valence-electron chi connectivity index (χ3n) is 5.41. The lowest BCUT2D eigenvalue weighted by Crippen LogP contribution is -2.76. The van der Waals surface area contributed by atoms with Crippen LogP contribution in [-0.4, -0.2) is 8.07 Å². The highest BCUT2D eigenvalue weighted by molar-refractivity contribution is 14.1. The predicted molar refractivity (Wildman–Crippen MR) is 136 cm³/mol. The highest BCUT2D eigenvalue weighted by Crippen LogP contribution is 2.31. The minimum atomic E-state index is -2.55. The van der Waals surface area contributed by atoms with Crippen molar-refractivity contribution in [1.29, 1.82) is 0 Å². The standard InChI is InChI=1S/C24H15BrClIOSi/c25-16-5-10-19(11-6-16)29(20-12-8-18(27)9-13-20)23-4-2-1-3-21(23)28-22-15-17(26)7-14-24(22)29/h1-15H. The van der Waals surface area contributed by atoms with Crippen LogP contribution in [0.2, 0.25) is 5.02 Å². The first-order valence-corrected chi connectivity index (χ1v) is 13.4. The molecule has 0 N–H and O–H groups in total. The van der Waals surface area contributed by atoms with E-state index in [1.165, 1.54) is 24.3 Å². The van der Waals surface area contributed by atoms with Crippen LogP contribution in [0.15, 0.2) is 95.5 Å². The average Bonchev–Trinajstić information content (AvgIpc) is 2.73. The van der Waals surface area contributed by atoms with Gasteiger partial charge in [-0.05, 0) is 85.8 Å². The summed E-state index contributed by atoms with van der Waals surface area (Å²) in [7, 11) is -2.55. The molecule has 0 amide bonds. The Bertz CT molecular complexity index is 1160. The molecular weight excluding hydrogens is 575 g/mol. The summed E-state index contributed by atoms with van der Waals surface area (Å²) in [6, 6.07) is 32.2. The van der Waals surface area contributed by atoms with Crippen molar-refractivity contribution >= 4 is 78.9 Å². The van der Waals surface area contributed by atoms with E-state index in [4.69, 9.17) is 16.3 Å². The number of ether oxygens (including phenoxy) is 1. The Hall–Kier alpha value is -1.60. The molecule has 1 nitrogen and oxygen atoms in total. The van der Waals surface area contributed by atoms with Gasteiger partial charge in [0.25, 0.3) is 0 Å². The number of hydrogen-bond donors (Lipinski definition) is 0. The van der Waals surface area contributed by atoms with Crippen LogP contribution in [0, 0.1) is 3.57 Å². The molecule has 5 rings (SSSR count). The highest BCUT2D eigenvalue weighted by Gasteiger charge is 2.47. The molecule has 0 bridgehead atoms. The zero-order valence-corrected chi connectivity index (χ0v) is 20.7. The molecule has 0 aromatic heterocycles. The van der Waals surface area contributed by atoms with Crippen LogP contribution in [0.25, 0.3) is 0 Å². The Morgan fingerprint density at radius 1 is 0.724 bits per heavy atom. The van der Waals surface area contributed by atoms with E-state index in [1.54, 1.807) is 0 Å². The van der Waals surface area contributed by atoms with Gasteiger partial charge in [0.1, 0.15) is 11.5 Å². The summed E-state index contributed by atoms with van der Waals surface area (Å²) in [5.74, 6) is 1.76. The number of para-hydroxylation sites is 1. The van der Waals surface area contributed by atoms with Crippen molar-refractivity contribution in [3.05, 3.63) is 104 Å². The molecular formula is C24H15BrClIOSi. The first-order valence-electron chi connectivity index (χ1n) is 9.18. The van der Waals surface area contributed by atoms with Gasteiger partial charge >= 0.3 is 0 Å². The third-order valence-corrected chi connectivity index (χ3v) is 11.7. The SMILES string of the molecule is Clc1ccc2c(c1)Oc1ccccc1[Si]2(c1ccc(Br)cc1)c1ccc(I)cc1. The van der Waals surface area contributed by atoms with Crippen molar-refractivity contribution in [3.8, 4) is 11.5 Å². The van der Waals surface area contributed by atoms with E-state index in [9.17, 15) is 0 Å². The molecule has 0 spiro atoms. The molecule has 1 aliphatic heterocycles. The molecule has 5 heteroatoms. The molecule has 4 aromatic carbocycles. The van der Waals surface area contributed by atoms with Gasteiger partial charge in [-0.3, -0.25) is 0 Å². The molecule has 1 unspecified atom stereocenters. The molecule has 0 aliphatic carbocycles. The maximum absolute atomic E-state index is 6.36. The maximum Gasteiger partial charge on any atom is 0.188 e. The van der Waals surface area contributed by atoms with Crippen molar-refractivity contribution in [3.63, 3.8) is 0 Å². The van der Waals surface area contributed by atoms with Gasteiger partial charge in [0.05, 0.1) is 0 Å². The first-order chi connectivity index (χ1) is 14.1. The number of halogens is 3. The summed E-state index contributed by atoms with van der Waals surface area (Å²) < 4.78 is 8.64. The molecule has 0 fully saturated rings. The minimum Gasteiger partial charge on any atom is -0.457 e. The van der Waals surface area contributed by atoms with Gasteiger partial charge in [-0.2, -0.15) is 0 Å². The summed E-state index contributed by atoms with van der Waals surface area (Å²) >= 11 is 12.3. The number of rotatable bonds is 2. The Labute approximate surface area is 198 Å². The van der Waals surface area contributed by atoms with Crippen LogP contribution in [-0.2, 0) is 0 Å². The zero-order chi connectivity index (χ0) is 20.0. The van der Waals surface area contributed by atoms with Crippen molar-refractivity contribution in [2.45, 2.75) is 0 Å². The van der Waals surface area contributed by atoms with Crippen molar-refractivity contribution in [2.24, 2.45) is 0 Å². The van der Waals surface area contributed by atoms with Crippen LogP contribution in [0.1, 0.15) is 0 Å². The molecule has 0 radical (unpaired) electrons. The van der Waals surface area contributed by atoms with Gasteiger partial charge in [0.15, 0.2) is 8.07 Å². The molecule has 1 heterocycles. The van der Waals surface area contributed by atoms with Crippen LogP contribution < -0.4 is 25.5 Å². The van der Waals surface area contributed by atoms with E-state index in [2.05, 4.69) is 111 Å². The highest BCUT2D eigenvalue weighted by atomic mass is 127. The lowest BCUT2D eigenvalue weighted by Gasteiger charge is -2.39. The normalized spacial score (nSPS) is 17.2. The van der Waals surface area contributed by atoms with E-state index in [1.807, 2.05) is 18.2 Å². The average molecular weight is 590 g/mol. The summed E-state index contributed by atoms with van der Waals surface area (Å²) in [4.78, 5) is 0. The summed E-state index contributed by atoms with van der Waals surface area (Å²) in [5, 5.41) is 5.83. The van der Waals surface area contributed by atoms with E-state index >= 15 is 0 Å². The largest absolute Gasteiger partial charge is 0.457 e. The van der Waals surface area contributed by atoms with Gasteiger partial charge in [-0.25, -0.2) is 0 Å². The lowest BCUT2D eigenvalue weighted by molar-refractivity contribution is 0.487. The molecule has 29 heavy (non-hydrogen) atoms. The number of hydrogen-bond acceptors (Lipinski definition) is 1. The quantitative estimate of drug-likeness (QED) is 0.204. The molecule has 0 saturated carbocycles. The summed E-state index contributed by atoms with van der Waals surface area (Å²) in [6.45, 7) is 0. The van der Waals surface area contributed by atoms with E-state index in [0.29, 0.717) is 5.02 Å². The number of fused-ring (bicyclic) bond motifs is 2. The van der Waals surface area contributed by atoms with Gasteiger partial charge in [0, 0.05) is 13.1 Å². The maximum atomic E-state index is 6.36. The van der Waals surface area contributed by atoms with Crippen molar-refractivity contribution in [1.82, 2.24) is 0 Å². The van der Waals surface area contributed by atoms with Gasteiger partial charge in [-0.1, -0.05) is 76.1 Å². The smallest absolute Gasteiger partial charge is 0.188 e. The molecule has 142 valence electrons. The second-order valence-electron chi connectivity index (χ2n) is 7.00. The minimum absolute atomic E-state index is 0.685. The van der Waals surface area contributed by atoms with Gasteiger partial charge in [-0.15, -0.1) is 0 Å². The Morgan fingerprint density at radius 2 is 1.34 bits per heavy atom. The van der Waals surface area contributed by atoms with Gasteiger partial charge < -0.3 is 4.74 Å². The van der Waals surface area contributed by atoms with E-state index in [-0.39, 0.29) is 0 Å². The predicted octanol–water partition coefficient (Wildman–Crippen LogP) is 5.19. The summed E-state index contributed by atoms with van der Waals surface area (Å²) in [6.07, 6.45) is 0. The monoisotopic (exact) mass is 588 g/mol. The molecule has 1 atom stereocenters. The fourth-order valence-corrected chi connectivity index (χ4v) is 9.87. The van der Waals surface area contributed by atoms with Gasteiger partial charge in [0.2, 0.25) is 0 Å². The Kier molecular flexibility index (Phi) is 5.06. The Balaban J connectivity index is 1.94. The van der Waals surface area contributed by atoms with Crippen LogP contribution >= 0.6 is 50.1 Å². The third kappa shape index (κ3) is 3.17. The molecule has 4 aromatic rings. The fraction of sp³-hybridized carbons (Fsp3) is 0. The summed E-state index contributed by atoms with van der Waals surface area (Å²) in [5.41, 5.74) is 0.